The average Bonchev–Trinajstić information content (AvgIpc) is 3.05. The fourth-order valence-electron chi connectivity index (χ4n) is 2.01. The molecule has 5 nitrogen and oxygen atoms in total. The van der Waals surface area contributed by atoms with Crippen molar-refractivity contribution in [1.29, 1.82) is 0 Å². The molecule has 2 aromatic carbocycles. The van der Waals surface area contributed by atoms with E-state index < -0.39 is 0 Å². The molecule has 2 N–H and O–H groups in total. The molecule has 1 heterocycles. The maximum Gasteiger partial charge on any atom is 0.246 e. The van der Waals surface area contributed by atoms with Crippen molar-refractivity contribution in [3.8, 4) is 11.4 Å². The van der Waals surface area contributed by atoms with E-state index in [2.05, 4.69) is 20.8 Å². The predicted octanol–water partition coefficient (Wildman–Crippen LogP) is 3.67. The number of aryl methyl sites for hydroxylation is 1. The van der Waals surface area contributed by atoms with E-state index in [1.54, 1.807) is 12.1 Å². The lowest BCUT2D eigenvalue weighted by atomic mass is 10.1. The molecular weight excluding hydrogens is 327 g/mol. The van der Waals surface area contributed by atoms with Crippen molar-refractivity contribution in [2.24, 2.45) is 0 Å². The van der Waals surface area contributed by atoms with Crippen molar-refractivity contribution in [2.75, 3.05) is 5.32 Å². The Balaban J connectivity index is 1.56. The normalized spacial score (nSPS) is 10.4. The first-order valence-corrected chi connectivity index (χ1v) is 7.71. The summed E-state index contributed by atoms with van der Waals surface area (Å²) in [6, 6.07) is 13.8. The summed E-state index contributed by atoms with van der Waals surface area (Å²) in [5.74, 6) is 0.659. The Kier molecular flexibility index (Phi) is 4.81. The Bertz CT molecular complexity index is 831. The smallest absolute Gasteiger partial charge is 0.246 e. The molecule has 0 atom stereocenters. The molecule has 1 aromatic heterocycles. The molecule has 0 saturated carbocycles. The van der Waals surface area contributed by atoms with Gasteiger partial charge in [0, 0.05) is 11.3 Å². The molecule has 3 aromatic rings. The molecule has 0 saturated heterocycles. The molecule has 0 bridgehead atoms. The summed E-state index contributed by atoms with van der Waals surface area (Å²) in [5.41, 5.74) is 2.75. The zero-order valence-electron chi connectivity index (χ0n) is 12.9. The lowest BCUT2D eigenvalue weighted by Gasteiger charge is -2.08. The van der Waals surface area contributed by atoms with Crippen molar-refractivity contribution in [3.63, 3.8) is 0 Å². The zero-order valence-corrected chi connectivity index (χ0v) is 13.7. The summed E-state index contributed by atoms with van der Waals surface area (Å²) in [7, 11) is 0. The number of rotatable bonds is 4. The Morgan fingerprint density at radius 1 is 1.12 bits per heavy atom. The lowest BCUT2D eigenvalue weighted by Crippen LogP contribution is -2.27. The van der Waals surface area contributed by atoms with Gasteiger partial charge in [0.15, 0.2) is 5.11 Å². The minimum atomic E-state index is -0.297. The van der Waals surface area contributed by atoms with Gasteiger partial charge in [-0.25, -0.2) is 4.39 Å². The van der Waals surface area contributed by atoms with Gasteiger partial charge in [-0.1, -0.05) is 35.0 Å². The molecular formula is C17H15FN4OS. The van der Waals surface area contributed by atoms with Gasteiger partial charge in [0.1, 0.15) is 5.82 Å². The van der Waals surface area contributed by atoms with Gasteiger partial charge in [0.2, 0.25) is 11.7 Å². The molecule has 0 spiro atoms. The highest BCUT2D eigenvalue weighted by Crippen LogP contribution is 2.16. The fourth-order valence-corrected chi connectivity index (χ4v) is 2.20. The maximum atomic E-state index is 12.9. The third kappa shape index (κ3) is 4.14. The molecule has 0 fully saturated rings. The molecule has 0 aliphatic heterocycles. The lowest BCUT2D eigenvalue weighted by molar-refractivity contribution is 0.376. The van der Waals surface area contributed by atoms with Crippen molar-refractivity contribution in [2.45, 2.75) is 13.5 Å². The summed E-state index contributed by atoms with van der Waals surface area (Å²) in [5, 5.41) is 10.3. The fraction of sp³-hybridized carbons (Fsp3) is 0.118. The number of halogens is 1. The van der Waals surface area contributed by atoms with Crippen LogP contribution in [0.1, 0.15) is 11.5 Å². The number of nitrogens with zero attached hydrogens (tertiary/aromatic N) is 2. The number of hydrogen-bond acceptors (Lipinski definition) is 4. The minimum Gasteiger partial charge on any atom is -0.353 e. The molecule has 3 rings (SSSR count). The van der Waals surface area contributed by atoms with Gasteiger partial charge in [-0.05, 0) is 43.4 Å². The number of thiocarbonyl (C=S) groups is 1. The maximum absolute atomic E-state index is 12.9. The number of aromatic nitrogens is 2. The first kappa shape index (κ1) is 16.1. The van der Waals surface area contributed by atoms with Crippen molar-refractivity contribution in [1.82, 2.24) is 15.5 Å². The van der Waals surface area contributed by atoms with Crippen LogP contribution in [0.3, 0.4) is 0 Å². The van der Waals surface area contributed by atoms with E-state index >= 15 is 0 Å². The van der Waals surface area contributed by atoms with Gasteiger partial charge in [0.05, 0.1) is 6.54 Å². The zero-order chi connectivity index (χ0) is 16.9. The molecule has 0 radical (unpaired) electrons. The summed E-state index contributed by atoms with van der Waals surface area (Å²) in [6.45, 7) is 2.32. The highest BCUT2D eigenvalue weighted by Gasteiger charge is 2.09. The van der Waals surface area contributed by atoms with Gasteiger partial charge in [0.25, 0.3) is 0 Å². The van der Waals surface area contributed by atoms with Gasteiger partial charge >= 0.3 is 0 Å². The monoisotopic (exact) mass is 342 g/mol. The van der Waals surface area contributed by atoms with Crippen molar-refractivity contribution >= 4 is 23.0 Å². The van der Waals surface area contributed by atoms with Gasteiger partial charge < -0.3 is 15.2 Å². The van der Waals surface area contributed by atoms with E-state index in [0.717, 1.165) is 5.56 Å². The standard InChI is InChI=1S/C17H15FN4OS/c1-11-2-4-12(5-3-11)16-21-15(23-22-16)10-19-17(24)20-14-8-6-13(18)7-9-14/h2-9H,10H2,1H3,(H2,19,20,24). The summed E-state index contributed by atoms with van der Waals surface area (Å²) < 4.78 is 18.1. The number of anilines is 1. The Labute approximate surface area is 143 Å². The van der Waals surface area contributed by atoms with Crippen LogP contribution >= 0.6 is 12.2 Å². The Hall–Kier alpha value is -2.80. The predicted molar refractivity (Wildman–Crippen MR) is 93.9 cm³/mol. The van der Waals surface area contributed by atoms with E-state index in [4.69, 9.17) is 16.7 Å². The SMILES string of the molecule is Cc1ccc(-c2noc(CNC(=S)Nc3ccc(F)cc3)n2)cc1. The molecule has 24 heavy (non-hydrogen) atoms. The molecule has 0 unspecified atom stereocenters. The second kappa shape index (κ2) is 7.18. The minimum absolute atomic E-state index is 0.297. The number of benzene rings is 2. The van der Waals surface area contributed by atoms with Crippen molar-refractivity contribution in [3.05, 3.63) is 65.8 Å². The molecule has 0 amide bonds. The summed E-state index contributed by atoms with van der Waals surface area (Å²) in [4.78, 5) is 4.32. The number of nitrogens with one attached hydrogen (secondary N) is 2. The van der Waals surface area contributed by atoms with E-state index in [1.165, 1.54) is 17.7 Å². The molecule has 0 aliphatic carbocycles. The van der Waals surface area contributed by atoms with Crippen LogP contribution < -0.4 is 10.6 Å². The van der Waals surface area contributed by atoms with E-state index in [-0.39, 0.29) is 5.82 Å². The van der Waals surface area contributed by atoms with E-state index in [0.29, 0.717) is 29.1 Å². The van der Waals surface area contributed by atoms with Crippen LogP contribution in [0.4, 0.5) is 10.1 Å². The third-order valence-corrected chi connectivity index (χ3v) is 3.53. The summed E-state index contributed by atoms with van der Waals surface area (Å²) >= 11 is 5.18. The highest BCUT2D eigenvalue weighted by atomic mass is 32.1. The first-order chi connectivity index (χ1) is 11.6. The Morgan fingerprint density at radius 2 is 1.83 bits per heavy atom. The van der Waals surface area contributed by atoms with Crippen LogP contribution in [0, 0.1) is 12.7 Å². The Morgan fingerprint density at radius 3 is 2.54 bits per heavy atom. The van der Waals surface area contributed by atoms with Crippen LogP contribution in [0.25, 0.3) is 11.4 Å². The summed E-state index contributed by atoms with van der Waals surface area (Å²) in [6.07, 6.45) is 0. The highest BCUT2D eigenvalue weighted by molar-refractivity contribution is 7.80. The van der Waals surface area contributed by atoms with Crippen LogP contribution in [-0.4, -0.2) is 15.3 Å². The van der Waals surface area contributed by atoms with Gasteiger partial charge in [-0.15, -0.1) is 0 Å². The van der Waals surface area contributed by atoms with Crippen molar-refractivity contribution < 1.29 is 8.91 Å². The second-order valence-electron chi connectivity index (χ2n) is 5.19. The third-order valence-electron chi connectivity index (χ3n) is 3.28. The topological polar surface area (TPSA) is 63.0 Å². The van der Waals surface area contributed by atoms with Crippen LogP contribution in [-0.2, 0) is 6.54 Å². The van der Waals surface area contributed by atoms with Crippen LogP contribution in [0.2, 0.25) is 0 Å². The van der Waals surface area contributed by atoms with Gasteiger partial charge in [-0.2, -0.15) is 4.98 Å². The number of hydrogen-bond donors (Lipinski definition) is 2. The van der Waals surface area contributed by atoms with Gasteiger partial charge in [-0.3, -0.25) is 0 Å². The second-order valence-corrected chi connectivity index (χ2v) is 5.60. The molecule has 7 heteroatoms. The van der Waals surface area contributed by atoms with Crippen LogP contribution in [0.5, 0.6) is 0 Å². The molecule has 0 aliphatic rings. The molecule has 122 valence electrons. The average molecular weight is 342 g/mol. The van der Waals surface area contributed by atoms with Crippen LogP contribution in [0.15, 0.2) is 53.1 Å². The largest absolute Gasteiger partial charge is 0.353 e. The first-order valence-electron chi connectivity index (χ1n) is 7.30. The van der Waals surface area contributed by atoms with E-state index in [9.17, 15) is 4.39 Å². The quantitative estimate of drug-likeness (QED) is 0.706. The van der Waals surface area contributed by atoms with E-state index in [1.807, 2.05) is 31.2 Å².